The molecule has 0 saturated carbocycles. The van der Waals surface area contributed by atoms with Gasteiger partial charge in [-0.3, -0.25) is 4.79 Å². The number of carbonyl (C=O) groups is 1. The number of amides is 1. The number of benzene rings is 1. The second-order valence-corrected chi connectivity index (χ2v) is 8.06. The van der Waals surface area contributed by atoms with Crippen molar-refractivity contribution in [3.8, 4) is 0 Å². The Labute approximate surface area is 152 Å². The molecule has 0 unspecified atom stereocenters. The van der Waals surface area contributed by atoms with Crippen molar-refractivity contribution in [2.45, 2.75) is 11.4 Å². The molecular formula is C18H21N3O4S. The summed E-state index contributed by atoms with van der Waals surface area (Å²) in [5.41, 5.74) is 0.986. The summed E-state index contributed by atoms with van der Waals surface area (Å²) in [6.07, 6.45) is 2.81. The van der Waals surface area contributed by atoms with Crippen LogP contribution in [0.3, 0.4) is 0 Å². The van der Waals surface area contributed by atoms with Crippen molar-refractivity contribution in [1.29, 1.82) is 0 Å². The highest BCUT2D eigenvalue weighted by Crippen LogP contribution is 2.16. The van der Waals surface area contributed by atoms with Gasteiger partial charge in [0.05, 0.1) is 23.7 Å². The van der Waals surface area contributed by atoms with Crippen molar-refractivity contribution in [2.75, 3.05) is 37.5 Å². The molecule has 1 aromatic heterocycles. The van der Waals surface area contributed by atoms with Crippen LogP contribution >= 0.6 is 0 Å². The molecule has 1 amide bonds. The number of nitrogens with zero attached hydrogens (tertiary/aromatic N) is 2. The van der Waals surface area contributed by atoms with Crippen molar-refractivity contribution in [3.05, 3.63) is 53.7 Å². The summed E-state index contributed by atoms with van der Waals surface area (Å²) < 4.78 is 29.0. The molecule has 7 nitrogen and oxygen atoms in total. The molecule has 1 aliphatic heterocycles. The molecule has 0 radical (unpaired) electrons. The zero-order chi connectivity index (χ0) is 18.6. The van der Waals surface area contributed by atoms with Crippen LogP contribution in [0.1, 0.15) is 15.9 Å². The Bertz CT molecular complexity index is 876. The summed E-state index contributed by atoms with van der Waals surface area (Å²) >= 11 is 0. The minimum atomic E-state index is -3.47. The monoisotopic (exact) mass is 375 g/mol. The van der Waals surface area contributed by atoms with Crippen molar-refractivity contribution in [1.82, 2.24) is 10.3 Å². The first-order valence-corrected chi connectivity index (χ1v) is 10.2. The summed E-state index contributed by atoms with van der Waals surface area (Å²) in [5, 5.41) is 2.75. The average molecular weight is 375 g/mol. The quantitative estimate of drug-likeness (QED) is 0.846. The summed E-state index contributed by atoms with van der Waals surface area (Å²) in [4.78, 5) is 19.0. The minimum Gasteiger partial charge on any atom is -0.378 e. The molecular weight excluding hydrogens is 354 g/mol. The van der Waals surface area contributed by atoms with E-state index in [1.54, 1.807) is 18.3 Å². The van der Waals surface area contributed by atoms with Gasteiger partial charge in [-0.25, -0.2) is 13.4 Å². The maximum absolute atomic E-state index is 12.4. The third-order valence-corrected chi connectivity index (χ3v) is 5.28. The van der Waals surface area contributed by atoms with E-state index in [2.05, 4.69) is 15.2 Å². The van der Waals surface area contributed by atoms with Gasteiger partial charge >= 0.3 is 0 Å². The van der Waals surface area contributed by atoms with E-state index in [1.165, 1.54) is 12.1 Å². The van der Waals surface area contributed by atoms with E-state index < -0.39 is 15.7 Å². The number of morpholine rings is 1. The number of hydrogen-bond donors (Lipinski definition) is 1. The highest BCUT2D eigenvalue weighted by molar-refractivity contribution is 7.90. The van der Waals surface area contributed by atoms with E-state index in [4.69, 9.17) is 4.74 Å². The van der Waals surface area contributed by atoms with Gasteiger partial charge in [0, 0.05) is 32.1 Å². The molecule has 0 spiro atoms. The standard InChI is InChI=1S/C18H21N3O4S/c1-26(23,24)16-5-3-2-4-15(16)18(22)20-13-14-6-7-17(19-12-14)21-8-10-25-11-9-21/h2-7,12H,8-11,13H2,1H3,(H,20,22). The maximum Gasteiger partial charge on any atom is 0.252 e. The van der Waals surface area contributed by atoms with Crippen molar-refractivity contribution in [2.24, 2.45) is 0 Å². The molecule has 1 aromatic carbocycles. The van der Waals surface area contributed by atoms with Crippen LogP contribution in [0.15, 0.2) is 47.5 Å². The second-order valence-electron chi connectivity index (χ2n) is 6.08. The molecule has 8 heteroatoms. The molecule has 0 aliphatic carbocycles. The van der Waals surface area contributed by atoms with Crippen LogP contribution in [-0.2, 0) is 21.1 Å². The lowest BCUT2D eigenvalue weighted by Crippen LogP contribution is -2.36. The van der Waals surface area contributed by atoms with Crippen LogP contribution < -0.4 is 10.2 Å². The van der Waals surface area contributed by atoms with Gasteiger partial charge in [0.15, 0.2) is 9.84 Å². The lowest BCUT2D eigenvalue weighted by atomic mass is 10.2. The Morgan fingerprint density at radius 3 is 2.58 bits per heavy atom. The van der Waals surface area contributed by atoms with E-state index in [-0.39, 0.29) is 17.0 Å². The molecule has 138 valence electrons. The number of nitrogens with one attached hydrogen (secondary N) is 1. The highest BCUT2D eigenvalue weighted by atomic mass is 32.2. The number of carbonyl (C=O) groups excluding carboxylic acids is 1. The van der Waals surface area contributed by atoms with Crippen molar-refractivity contribution < 1.29 is 17.9 Å². The third-order valence-electron chi connectivity index (χ3n) is 4.13. The summed E-state index contributed by atoms with van der Waals surface area (Å²) in [6.45, 7) is 3.28. The summed E-state index contributed by atoms with van der Waals surface area (Å²) in [5.74, 6) is 0.453. The van der Waals surface area contributed by atoms with Gasteiger partial charge in [-0.05, 0) is 23.8 Å². The fourth-order valence-corrected chi connectivity index (χ4v) is 3.64. The summed E-state index contributed by atoms with van der Waals surface area (Å²) in [7, 11) is -3.47. The molecule has 3 rings (SSSR count). The van der Waals surface area contributed by atoms with Gasteiger partial charge in [-0.1, -0.05) is 18.2 Å². The maximum atomic E-state index is 12.4. The number of pyridine rings is 1. The number of ether oxygens (including phenoxy) is 1. The van der Waals surface area contributed by atoms with E-state index >= 15 is 0 Å². The van der Waals surface area contributed by atoms with E-state index in [0.717, 1.165) is 30.7 Å². The normalized spacial score (nSPS) is 14.9. The fourth-order valence-electron chi connectivity index (χ4n) is 2.76. The molecule has 0 atom stereocenters. The summed E-state index contributed by atoms with van der Waals surface area (Å²) in [6, 6.07) is 10.00. The predicted octanol–water partition coefficient (Wildman–Crippen LogP) is 1.25. The van der Waals surface area contributed by atoms with Gasteiger partial charge in [-0.2, -0.15) is 0 Å². The van der Waals surface area contributed by atoms with Gasteiger partial charge in [0.25, 0.3) is 5.91 Å². The minimum absolute atomic E-state index is 0.0262. The van der Waals surface area contributed by atoms with E-state index in [0.29, 0.717) is 13.2 Å². The first-order valence-electron chi connectivity index (χ1n) is 8.30. The molecule has 26 heavy (non-hydrogen) atoms. The van der Waals surface area contributed by atoms with Crippen LogP contribution in [-0.4, -0.2) is 51.9 Å². The zero-order valence-electron chi connectivity index (χ0n) is 14.5. The zero-order valence-corrected chi connectivity index (χ0v) is 15.3. The van der Waals surface area contributed by atoms with E-state index in [1.807, 2.05) is 12.1 Å². The van der Waals surface area contributed by atoms with Crippen molar-refractivity contribution in [3.63, 3.8) is 0 Å². The number of hydrogen-bond acceptors (Lipinski definition) is 6. The number of aromatic nitrogens is 1. The van der Waals surface area contributed by atoms with Crippen LogP contribution in [0.5, 0.6) is 0 Å². The molecule has 2 aromatic rings. The molecule has 0 bridgehead atoms. The molecule has 1 saturated heterocycles. The molecule has 1 aliphatic rings. The SMILES string of the molecule is CS(=O)(=O)c1ccccc1C(=O)NCc1ccc(N2CCOCC2)nc1. The lowest BCUT2D eigenvalue weighted by Gasteiger charge is -2.27. The topological polar surface area (TPSA) is 88.6 Å². The van der Waals surface area contributed by atoms with Gasteiger partial charge < -0.3 is 15.0 Å². The first-order chi connectivity index (χ1) is 12.4. The van der Waals surface area contributed by atoms with Crippen LogP contribution in [0.25, 0.3) is 0 Å². The molecule has 1 fully saturated rings. The Hall–Kier alpha value is -2.45. The number of sulfone groups is 1. The predicted molar refractivity (Wildman–Crippen MR) is 98.0 cm³/mol. The Balaban J connectivity index is 1.65. The Kier molecular flexibility index (Phi) is 5.53. The second kappa shape index (κ2) is 7.84. The average Bonchev–Trinajstić information content (AvgIpc) is 2.66. The fraction of sp³-hybridized carbons (Fsp3) is 0.333. The third kappa shape index (κ3) is 4.39. The Morgan fingerprint density at radius 1 is 1.19 bits per heavy atom. The van der Waals surface area contributed by atoms with Crippen LogP contribution in [0, 0.1) is 0 Å². The molecule has 1 N–H and O–H groups in total. The van der Waals surface area contributed by atoms with E-state index in [9.17, 15) is 13.2 Å². The van der Waals surface area contributed by atoms with Gasteiger partial charge in [0.2, 0.25) is 0 Å². The van der Waals surface area contributed by atoms with Gasteiger partial charge in [0.1, 0.15) is 5.82 Å². The first kappa shape index (κ1) is 18.3. The smallest absolute Gasteiger partial charge is 0.252 e. The largest absolute Gasteiger partial charge is 0.378 e. The Morgan fingerprint density at radius 2 is 1.92 bits per heavy atom. The lowest BCUT2D eigenvalue weighted by molar-refractivity contribution is 0.0947. The van der Waals surface area contributed by atoms with Crippen molar-refractivity contribution >= 4 is 21.6 Å². The van der Waals surface area contributed by atoms with Crippen LogP contribution in [0.4, 0.5) is 5.82 Å². The number of rotatable bonds is 5. The van der Waals surface area contributed by atoms with Gasteiger partial charge in [-0.15, -0.1) is 0 Å². The highest BCUT2D eigenvalue weighted by Gasteiger charge is 2.18. The molecule has 2 heterocycles. The number of anilines is 1. The van der Waals surface area contributed by atoms with Crippen LogP contribution in [0.2, 0.25) is 0 Å².